The minimum absolute atomic E-state index is 0.112. The van der Waals surface area contributed by atoms with Crippen LogP contribution in [0.4, 0.5) is 4.39 Å². The van der Waals surface area contributed by atoms with Crippen molar-refractivity contribution in [2.45, 2.75) is 6.92 Å². The SMILES string of the molecule is Cc1cc(F)c(I)c2ccsc12. The maximum Gasteiger partial charge on any atom is 0.137 e. The molecule has 2 rings (SSSR count). The van der Waals surface area contributed by atoms with Crippen LogP contribution in [0.3, 0.4) is 0 Å². The Kier molecular flexibility index (Phi) is 2.08. The Morgan fingerprint density at radius 2 is 2.25 bits per heavy atom. The second-order valence-corrected chi connectivity index (χ2v) is 4.65. The first-order chi connectivity index (χ1) is 5.70. The molecule has 3 heteroatoms. The first-order valence-electron chi connectivity index (χ1n) is 3.52. The van der Waals surface area contributed by atoms with Gasteiger partial charge in [-0.3, -0.25) is 0 Å². The summed E-state index contributed by atoms with van der Waals surface area (Å²) in [6.07, 6.45) is 0. The fourth-order valence-electron chi connectivity index (χ4n) is 1.24. The number of rotatable bonds is 0. The van der Waals surface area contributed by atoms with Crippen LogP contribution in [-0.4, -0.2) is 0 Å². The molecule has 1 heterocycles. The average Bonchev–Trinajstić information content (AvgIpc) is 2.48. The Bertz CT molecular complexity index is 433. The summed E-state index contributed by atoms with van der Waals surface area (Å²) in [4.78, 5) is 0. The molecule has 0 nitrogen and oxygen atoms in total. The zero-order valence-corrected chi connectivity index (χ0v) is 9.37. The van der Waals surface area contributed by atoms with Crippen LogP contribution in [0.2, 0.25) is 0 Å². The average molecular weight is 292 g/mol. The topological polar surface area (TPSA) is 0 Å². The molecule has 0 radical (unpaired) electrons. The van der Waals surface area contributed by atoms with Gasteiger partial charge in [-0.2, -0.15) is 0 Å². The summed E-state index contributed by atoms with van der Waals surface area (Å²) in [5, 5.41) is 3.04. The van der Waals surface area contributed by atoms with Gasteiger partial charge in [0.25, 0.3) is 0 Å². The Morgan fingerprint density at radius 3 is 3.00 bits per heavy atom. The van der Waals surface area contributed by atoms with E-state index in [1.54, 1.807) is 17.4 Å². The van der Waals surface area contributed by atoms with Crippen molar-refractivity contribution in [3.63, 3.8) is 0 Å². The van der Waals surface area contributed by atoms with Crippen LogP contribution in [0, 0.1) is 16.3 Å². The molecule has 0 aliphatic rings. The normalized spacial score (nSPS) is 10.9. The van der Waals surface area contributed by atoms with Crippen molar-refractivity contribution in [1.82, 2.24) is 0 Å². The minimum Gasteiger partial charge on any atom is -0.206 e. The van der Waals surface area contributed by atoms with Gasteiger partial charge < -0.3 is 0 Å². The van der Waals surface area contributed by atoms with Crippen molar-refractivity contribution in [1.29, 1.82) is 0 Å². The number of hydrogen-bond donors (Lipinski definition) is 0. The van der Waals surface area contributed by atoms with E-state index in [2.05, 4.69) is 0 Å². The van der Waals surface area contributed by atoms with Gasteiger partial charge in [-0.25, -0.2) is 4.39 Å². The van der Waals surface area contributed by atoms with E-state index in [-0.39, 0.29) is 5.82 Å². The van der Waals surface area contributed by atoms with E-state index in [0.29, 0.717) is 0 Å². The molecule has 0 N–H and O–H groups in total. The van der Waals surface area contributed by atoms with Gasteiger partial charge in [0.1, 0.15) is 5.82 Å². The van der Waals surface area contributed by atoms with Crippen LogP contribution in [0.1, 0.15) is 5.56 Å². The third-order valence-corrected chi connectivity index (χ3v) is 3.96. The van der Waals surface area contributed by atoms with Gasteiger partial charge in [0, 0.05) is 10.1 Å². The minimum atomic E-state index is -0.112. The second kappa shape index (κ2) is 2.96. The first kappa shape index (κ1) is 8.44. The number of benzene rings is 1. The zero-order chi connectivity index (χ0) is 8.72. The van der Waals surface area contributed by atoms with E-state index in [4.69, 9.17) is 0 Å². The molecule has 62 valence electrons. The number of hydrogen-bond acceptors (Lipinski definition) is 1. The van der Waals surface area contributed by atoms with Gasteiger partial charge in [-0.15, -0.1) is 11.3 Å². The predicted octanol–water partition coefficient (Wildman–Crippen LogP) is 3.95. The molecule has 0 atom stereocenters. The van der Waals surface area contributed by atoms with E-state index in [0.717, 1.165) is 14.5 Å². The Labute approximate surface area is 87.5 Å². The highest BCUT2D eigenvalue weighted by Gasteiger charge is 2.07. The molecule has 0 saturated carbocycles. The summed E-state index contributed by atoms with van der Waals surface area (Å²) in [7, 11) is 0. The van der Waals surface area contributed by atoms with Crippen molar-refractivity contribution in [3.05, 3.63) is 32.5 Å². The molecule has 0 amide bonds. The van der Waals surface area contributed by atoms with Crippen molar-refractivity contribution >= 4 is 44.0 Å². The molecule has 0 unspecified atom stereocenters. The maximum atomic E-state index is 13.2. The standard InChI is InChI=1S/C9H6FIS/c1-5-4-7(10)8(11)6-2-3-12-9(5)6/h2-4H,1H3. The third kappa shape index (κ3) is 1.15. The Balaban J connectivity index is 2.97. The number of thiophene rings is 1. The van der Waals surface area contributed by atoms with Crippen molar-refractivity contribution < 1.29 is 4.39 Å². The summed E-state index contributed by atoms with van der Waals surface area (Å²) in [6.45, 7) is 1.94. The van der Waals surface area contributed by atoms with E-state index >= 15 is 0 Å². The monoisotopic (exact) mass is 292 g/mol. The lowest BCUT2D eigenvalue weighted by Gasteiger charge is -1.99. The number of aryl methyl sites for hydroxylation is 1. The van der Waals surface area contributed by atoms with E-state index in [1.165, 1.54) is 4.70 Å². The molecule has 0 aliphatic heterocycles. The second-order valence-electron chi connectivity index (χ2n) is 2.65. The molecule has 0 saturated heterocycles. The molecule has 12 heavy (non-hydrogen) atoms. The number of fused-ring (bicyclic) bond motifs is 1. The fraction of sp³-hybridized carbons (Fsp3) is 0.111. The molecular formula is C9H6FIS. The van der Waals surface area contributed by atoms with Crippen molar-refractivity contribution in [3.8, 4) is 0 Å². The summed E-state index contributed by atoms with van der Waals surface area (Å²) < 4.78 is 15.1. The summed E-state index contributed by atoms with van der Waals surface area (Å²) >= 11 is 3.71. The predicted molar refractivity (Wildman–Crippen MR) is 59.2 cm³/mol. The van der Waals surface area contributed by atoms with Gasteiger partial charge in [0.15, 0.2) is 0 Å². The first-order valence-corrected chi connectivity index (χ1v) is 5.48. The maximum absolute atomic E-state index is 13.2. The lowest BCUT2D eigenvalue weighted by atomic mass is 10.2. The van der Waals surface area contributed by atoms with Crippen LogP contribution in [0.25, 0.3) is 10.1 Å². The largest absolute Gasteiger partial charge is 0.206 e. The quantitative estimate of drug-likeness (QED) is 0.645. The van der Waals surface area contributed by atoms with Crippen molar-refractivity contribution in [2.75, 3.05) is 0 Å². The van der Waals surface area contributed by atoms with Gasteiger partial charge in [-0.1, -0.05) is 0 Å². The molecule has 0 bridgehead atoms. The Morgan fingerprint density at radius 1 is 1.50 bits per heavy atom. The van der Waals surface area contributed by atoms with Crippen LogP contribution >= 0.6 is 33.9 Å². The van der Waals surface area contributed by atoms with Crippen LogP contribution in [-0.2, 0) is 0 Å². The molecule has 0 fully saturated rings. The van der Waals surface area contributed by atoms with Gasteiger partial charge in [0.05, 0.1) is 3.57 Å². The third-order valence-electron chi connectivity index (χ3n) is 1.81. The van der Waals surface area contributed by atoms with Gasteiger partial charge in [-0.05, 0) is 52.6 Å². The van der Waals surface area contributed by atoms with Gasteiger partial charge in [0.2, 0.25) is 0 Å². The molecule has 1 aromatic carbocycles. The molecule has 0 spiro atoms. The fourth-order valence-corrected chi connectivity index (χ4v) is 2.91. The van der Waals surface area contributed by atoms with E-state index < -0.39 is 0 Å². The molecule has 1 aromatic heterocycles. The van der Waals surface area contributed by atoms with Crippen LogP contribution < -0.4 is 0 Å². The van der Waals surface area contributed by atoms with Crippen LogP contribution in [0.15, 0.2) is 17.5 Å². The van der Waals surface area contributed by atoms with E-state index in [1.807, 2.05) is 41.0 Å². The molecular weight excluding hydrogens is 286 g/mol. The van der Waals surface area contributed by atoms with Crippen molar-refractivity contribution in [2.24, 2.45) is 0 Å². The lowest BCUT2D eigenvalue weighted by Crippen LogP contribution is -1.84. The Hall–Kier alpha value is -0.160. The molecule has 2 aromatic rings. The lowest BCUT2D eigenvalue weighted by molar-refractivity contribution is 0.622. The summed E-state index contributed by atoms with van der Waals surface area (Å²) in [6, 6.07) is 3.57. The summed E-state index contributed by atoms with van der Waals surface area (Å²) in [5.74, 6) is -0.112. The van der Waals surface area contributed by atoms with Gasteiger partial charge >= 0.3 is 0 Å². The smallest absolute Gasteiger partial charge is 0.137 e. The zero-order valence-electron chi connectivity index (χ0n) is 6.40. The highest BCUT2D eigenvalue weighted by molar-refractivity contribution is 14.1. The summed E-state index contributed by atoms with van der Waals surface area (Å²) in [5.41, 5.74) is 1.03. The number of halogens is 2. The van der Waals surface area contributed by atoms with Crippen LogP contribution in [0.5, 0.6) is 0 Å². The van der Waals surface area contributed by atoms with E-state index in [9.17, 15) is 4.39 Å². The molecule has 0 aliphatic carbocycles. The highest BCUT2D eigenvalue weighted by Crippen LogP contribution is 2.30. The highest BCUT2D eigenvalue weighted by atomic mass is 127.